The van der Waals surface area contributed by atoms with E-state index in [9.17, 15) is 0 Å². The maximum atomic E-state index is 3.67. The third kappa shape index (κ3) is 2.50. The maximum absolute atomic E-state index is 3.67. The van der Waals surface area contributed by atoms with Crippen LogP contribution in [0.3, 0.4) is 0 Å². The molecule has 4 rings (SSSR count). The van der Waals surface area contributed by atoms with Crippen LogP contribution in [0.25, 0.3) is 11.1 Å². The molecule has 0 unspecified atom stereocenters. The topological polar surface area (TPSA) is 12.0 Å². The van der Waals surface area contributed by atoms with Crippen LogP contribution in [0.5, 0.6) is 0 Å². The van der Waals surface area contributed by atoms with Crippen molar-refractivity contribution in [3.05, 3.63) is 90.0 Å². The zero-order chi connectivity index (χ0) is 14.8. The molecule has 0 saturated heterocycles. The fourth-order valence-corrected chi connectivity index (χ4v) is 3.23. The molecular weight excluding hydrogens is 266 g/mol. The van der Waals surface area contributed by atoms with Crippen molar-refractivity contribution in [2.45, 2.75) is 18.9 Å². The van der Waals surface area contributed by atoms with Gasteiger partial charge in [0.15, 0.2) is 0 Å². The van der Waals surface area contributed by atoms with Gasteiger partial charge in [-0.25, -0.2) is 0 Å². The summed E-state index contributed by atoms with van der Waals surface area (Å²) in [6, 6.07) is 28.6. The summed E-state index contributed by atoms with van der Waals surface area (Å²) in [5, 5.41) is 3.67. The van der Waals surface area contributed by atoms with Gasteiger partial charge in [-0.1, -0.05) is 72.8 Å². The lowest BCUT2D eigenvalue weighted by molar-refractivity contribution is 0.668. The molecule has 0 radical (unpaired) electrons. The quantitative estimate of drug-likeness (QED) is 0.660. The average Bonchev–Trinajstić information content (AvgIpc) is 2.62. The number of nitrogens with one attached hydrogen (secondary N) is 1. The van der Waals surface area contributed by atoms with Crippen LogP contribution in [-0.2, 0) is 6.42 Å². The highest BCUT2D eigenvalue weighted by Gasteiger charge is 2.18. The Morgan fingerprint density at radius 2 is 1.36 bits per heavy atom. The first-order valence-electron chi connectivity index (χ1n) is 7.90. The lowest BCUT2D eigenvalue weighted by Crippen LogP contribution is -2.17. The number of rotatable bonds is 2. The van der Waals surface area contributed by atoms with Gasteiger partial charge in [0.1, 0.15) is 0 Å². The van der Waals surface area contributed by atoms with E-state index >= 15 is 0 Å². The van der Waals surface area contributed by atoms with E-state index in [1.165, 1.54) is 27.9 Å². The highest BCUT2D eigenvalue weighted by Crippen LogP contribution is 2.33. The molecule has 22 heavy (non-hydrogen) atoms. The second-order valence-electron chi connectivity index (χ2n) is 5.88. The number of hydrogen-bond acceptors (Lipinski definition) is 1. The van der Waals surface area contributed by atoms with E-state index in [0.717, 1.165) is 12.8 Å². The smallest absolute Gasteiger partial charge is 0.0517 e. The lowest BCUT2D eigenvalue weighted by Gasteiger charge is -2.27. The fraction of sp³-hybridized carbons (Fsp3) is 0.143. The summed E-state index contributed by atoms with van der Waals surface area (Å²) >= 11 is 0. The van der Waals surface area contributed by atoms with Crippen LogP contribution in [0.2, 0.25) is 0 Å². The van der Waals surface area contributed by atoms with Gasteiger partial charge in [0, 0.05) is 5.69 Å². The molecule has 1 aliphatic rings. The predicted octanol–water partition coefficient (Wildman–Crippen LogP) is 5.45. The van der Waals surface area contributed by atoms with Crippen molar-refractivity contribution in [3.8, 4) is 11.1 Å². The molecule has 0 amide bonds. The number of hydrogen-bond donors (Lipinski definition) is 1. The van der Waals surface area contributed by atoms with Crippen molar-refractivity contribution in [2.75, 3.05) is 5.32 Å². The minimum Gasteiger partial charge on any atom is -0.378 e. The number of aryl methyl sites for hydroxylation is 1. The van der Waals surface area contributed by atoms with Gasteiger partial charge < -0.3 is 5.32 Å². The predicted molar refractivity (Wildman–Crippen MR) is 93.0 cm³/mol. The number of anilines is 1. The number of para-hydroxylation sites is 1. The van der Waals surface area contributed by atoms with Crippen molar-refractivity contribution < 1.29 is 0 Å². The molecule has 1 atom stereocenters. The van der Waals surface area contributed by atoms with Crippen LogP contribution < -0.4 is 5.32 Å². The Balaban J connectivity index is 1.57. The van der Waals surface area contributed by atoms with Crippen LogP contribution in [0.4, 0.5) is 5.69 Å². The van der Waals surface area contributed by atoms with Crippen molar-refractivity contribution >= 4 is 5.69 Å². The van der Waals surface area contributed by atoms with Gasteiger partial charge in [-0.05, 0) is 41.2 Å². The Morgan fingerprint density at radius 3 is 2.18 bits per heavy atom. The minimum atomic E-state index is 0.416. The second-order valence-corrected chi connectivity index (χ2v) is 5.88. The molecule has 108 valence electrons. The molecule has 0 spiro atoms. The highest BCUT2D eigenvalue weighted by molar-refractivity contribution is 5.64. The normalized spacial score (nSPS) is 16.6. The second kappa shape index (κ2) is 5.69. The van der Waals surface area contributed by atoms with Crippen molar-refractivity contribution in [1.29, 1.82) is 0 Å². The van der Waals surface area contributed by atoms with Gasteiger partial charge in [-0.15, -0.1) is 0 Å². The zero-order valence-electron chi connectivity index (χ0n) is 12.5. The van der Waals surface area contributed by atoms with Crippen LogP contribution in [0.1, 0.15) is 23.6 Å². The molecular formula is C21H19N. The van der Waals surface area contributed by atoms with E-state index < -0.39 is 0 Å². The molecule has 1 nitrogen and oxygen atoms in total. The molecule has 0 aliphatic carbocycles. The Labute approximate surface area is 131 Å². The van der Waals surface area contributed by atoms with E-state index in [1.807, 2.05) is 0 Å². The molecule has 1 N–H and O–H groups in total. The molecule has 0 fully saturated rings. The maximum Gasteiger partial charge on any atom is 0.0517 e. The summed E-state index contributed by atoms with van der Waals surface area (Å²) in [4.78, 5) is 0. The lowest BCUT2D eigenvalue weighted by atomic mass is 9.92. The first-order valence-corrected chi connectivity index (χ1v) is 7.90. The van der Waals surface area contributed by atoms with E-state index in [-0.39, 0.29) is 0 Å². The first kappa shape index (κ1) is 13.1. The van der Waals surface area contributed by atoms with Crippen molar-refractivity contribution in [2.24, 2.45) is 0 Å². The molecule has 1 aliphatic heterocycles. The van der Waals surface area contributed by atoms with E-state index in [4.69, 9.17) is 0 Å². The fourth-order valence-electron chi connectivity index (χ4n) is 3.23. The van der Waals surface area contributed by atoms with Crippen molar-refractivity contribution in [1.82, 2.24) is 0 Å². The SMILES string of the molecule is c1ccc(-c2ccc([C@H]3CCc4ccccc4N3)cc2)cc1. The van der Waals surface area contributed by atoms with Crippen molar-refractivity contribution in [3.63, 3.8) is 0 Å². The van der Waals surface area contributed by atoms with Crippen LogP contribution >= 0.6 is 0 Å². The molecule has 3 aromatic carbocycles. The summed E-state index contributed by atoms with van der Waals surface area (Å²) < 4.78 is 0. The van der Waals surface area contributed by atoms with E-state index in [2.05, 4.69) is 84.2 Å². The first-order chi connectivity index (χ1) is 10.9. The Bertz CT molecular complexity index is 759. The van der Waals surface area contributed by atoms with Gasteiger partial charge >= 0.3 is 0 Å². The Morgan fingerprint density at radius 1 is 0.682 bits per heavy atom. The summed E-state index contributed by atoms with van der Waals surface area (Å²) in [7, 11) is 0. The van der Waals surface area contributed by atoms with Crippen LogP contribution in [0.15, 0.2) is 78.9 Å². The van der Waals surface area contributed by atoms with Gasteiger partial charge in [0.2, 0.25) is 0 Å². The summed E-state index contributed by atoms with van der Waals surface area (Å²) in [6.45, 7) is 0. The largest absolute Gasteiger partial charge is 0.378 e. The summed E-state index contributed by atoms with van der Waals surface area (Å²) in [5.74, 6) is 0. The standard InChI is InChI=1S/C21H19N/c1-2-6-16(7-3-1)17-10-12-19(13-11-17)21-15-14-18-8-4-5-9-20(18)22-21/h1-13,21-22H,14-15H2/t21-/m1/s1. The molecule has 3 aromatic rings. The van der Waals surface area contributed by atoms with Gasteiger partial charge in [0.05, 0.1) is 6.04 Å². The molecule has 0 bridgehead atoms. The van der Waals surface area contributed by atoms with Gasteiger partial charge in [-0.3, -0.25) is 0 Å². The molecule has 0 aromatic heterocycles. The van der Waals surface area contributed by atoms with Gasteiger partial charge in [-0.2, -0.15) is 0 Å². The van der Waals surface area contributed by atoms with E-state index in [1.54, 1.807) is 0 Å². The summed E-state index contributed by atoms with van der Waals surface area (Å²) in [6.07, 6.45) is 2.30. The summed E-state index contributed by atoms with van der Waals surface area (Å²) in [5.41, 5.74) is 6.64. The Kier molecular flexibility index (Phi) is 3.40. The minimum absolute atomic E-state index is 0.416. The molecule has 1 heteroatoms. The highest BCUT2D eigenvalue weighted by atomic mass is 14.9. The monoisotopic (exact) mass is 285 g/mol. The number of fused-ring (bicyclic) bond motifs is 1. The number of benzene rings is 3. The third-order valence-corrected chi connectivity index (χ3v) is 4.47. The van der Waals surface area contributed by atoms with Crippen LogP contribution in [0, 0.1) is 0 Å². The van der Waals surface area contributed by atoms with Crippen LogP contribution in [-0.4, -0.2) is 0 Å². The molecule has 0 saturated carbocycles. The average molecular weight is 285 g/mol. The van der Waals surface area contributed by atoms with Gasteiger partial charge in [0.25, 0.3) is 0 Å². The van der Waals surface area contributed by atoms with E-state index in [0.29, 0.717) is 6.04 Å². The zero-order valence-corrected chi connectivity index (χ0v) is 12.5. The third-order valence-electron chi connectivity index (χ3n) is 4.47. The molecule has 1 heterocycles. The Hall–Kier alpha value is -2.54.